The first kappa shape index (κ1) is 17.8. The summed E-state index contributed by atoms with van der Waals surface area (Å²) in [5, 5.41) is 11.2. The lowest BCUT2D eigenvalue weighted by Gasteiger charge is -2.17. The molecule has 9 heteroatoms. The number of anilines is 2. The van der Waals surface area contributed by atoms with Gasteiger partial charge in [-0.25, -0.2) is 4.39 Å². The molecule has 3 rings (SSSR count). The minimum Gasteiger partial charge on any atom is -0.323 e. The molecular weight excluding hydrogens is 363 g/mol. The van der Waals surface area contributed by atoms with Crippen LogP contribution in [0.15, 0.2) is 28.6 Å². The quantitative estimate of drug-likeness (QED) is 0.589. The van der Waals surface area contributed by atoms with E-state index in [-0.39, 0.29) is 29.3 Å². The fourth-order valence-corrected chi connectivity index (χ4v) is 3.93. The van der Waals surface area contributed by atoms with Crippen molar-refractivity contribution in [1.29, 1.82) is 0 Å². The number of nitrogens with zero attached hydrogens (tertiary/aromatic N) is 3. The summed E-state index contributed by atoms with van der Waals surface area (Å²) in [5.41, 5.74) is 0.152. The molecule has 1 heterocycles. The van der Waals surface area contributed by atoms with Gasteiger partial charge in [-0.1, -0.05) is 42.2 Å². The van der Waals surface area contributed by atoms with Crippen LogP contribution in [0.25, 0.3) is 0 Å². The summed E-state index contributed by atoms with van der Waals surface area (Å²) in [7, 11) is 0. The van der Waals surface area contributed by atoms with Crippen molar-refractivity contribution < 1.29 is 14.0 Å². The maximum Gasteiger partial charge on any atom is 0.234 e. The number of carbonyl (C=O) groups is 2. The fraction of sp³-hybridized carbons (Fsp3) is 0.375. The van der Waals surface area contributed by atoms with Crippen molar-refractivity contribution >= 4 is 45.7 Å². The number of halogens is 1. The van der Waals surface area contributed by atoms with Crippen molar-refractivity contribution in [3.8, 4) is 0 Å². The molecule has 0 saturated heterocycles. The molecule has 2 aromatic rings. The van der Waals surface area contributed by atoms with Gasteiger partial charge in [-0.05, 0) is 25.0 Å². The van der Waals surface area contributed by atoms with E-state index in [1.807, 2.05) is 6.92 Å². The molecule has 1 N–H and O–H groups in total. The van der Waals surface area contributed by atoms with E-state index >= 15 is 0 Å². The van der Waals surface area contributed by atoms with E-state index in [2.05, 4.69) is 15.5 Å². The molecule has 25 heavy (non-hydrogen) atoms. The maximum absolute atomic E-state index is 13.5. The third kappa shape index (κ3) is 4.55. The molecule has 0 unspecified atom stereocenters. The van der Waals surface area contributed by atoms with Crippen molar-refractivity contribution in [2.24, 2.45) is 0 Å². The zero-order valence-corrected chi connectivity index (χ0v) is 15.2. The van der Waals surface area contributed by atoms with Crippen LogP contribution in [-0.4, -0.2) is 33.8 Å². The van der Waals surface area contributed by atoms with Gasteiger partial charge in [-0.15, -0.1) is 10.2 Å². The summed E-state index contributed by atoms with van der Waals surface area (Å²) >= 11 is 2.51. The molecule has 1 saturated carbocycles. The highest BCUT2D eigenvalue weighted by Crippen LogP contribution is 2.36. The van der Waals surface area contributed by atoms with Crippen molar-refractivity contribution in [1.82, 2.24) is 10.2 Å². The third-order valence-corrected chi connectivity index (χ3v) is 5.62. The van der Waals surface area contributed by atoms with Gasteiger partial charge in [0, 0.05) is 12.5 Å². The Morgan fingerprint density at radius 2 is 2.12 bits per heavy atom. The number of hydrogen-bond acceptors (Lipinski definition) is 6. The molecule has 0 aliphatic heterocycles. The largest absolute Gasteiger partial charge is 0.323 e. The highest BCUT2D eigenvalue weighted by Gasteiger charge is 2.35. The average Bonchev–Trinajstić information content (AvgIpc) is 3.33. The monoisotopic (exact) mass is 380 g/mol. The number of amides is 2. The van der Waals surface area contributed by atoms with Gasteiger partial charge in [0.25, 0.3) is 0 Å². The standard InChI is InChI=1S/C16H17FN4O2S2/c1-2-14(23)21(10-7-8-10)15-19-20-16(25-15)24-9-13(22)18-12-6-4-3-5-11(12)17/h3-6,10H,2,7-9H2,1H3,(H,18,22). The van der Waals surface area contributed by atoms with Crippen LogP contribution in [-0.2, 0) is 9.59 Å². The SMILES string of the molecule is CCC(=O)N(c1nnc(SCC(=O)Nc2ccccc2F)s1)C1CC1. The Morgan fingerprint density at radius 3 is 2.80 bits per heavy atom. The predicted molar refractivity (Wildman–Crippen MR) is 96.5 cm³/mol. The van der Waals surface area contributed by atoms with Gasteiger partial charge in [-0.2, -0.15) is 0 Å². The zero-order valence-electron chi connectivity index (χ0n) is 13.6. The zero-order chi connectivity index (χ0) is 17.8. The van der Waals surface area contributed by atoms with Gasteiger partial charge in [0.2, 0.25) is 16.9 Å². The highest BCUT2D eigenvalue weighted by molar-refractivity contribution is 8.01. The number of hydrogen-bond donors (Lipinski definition) is 1. The summed E-state index contributed by atoms with van der Waals surface area (Å²) in [6, 6.07) is 6.23. The molecule has 0 spiro atoms. The van der Waals surface area contributed by atoms with Gasteiger partial charge in [0.05, 0.1) is 11.4 Å². The van der Waals surface area contributed by atoms with Crippen LogP contribution in [0.2, 0.25) is 0 Å². The van der Waals surface area contributed by atoms with Gasteiger partial charge in [0.1, 0.15) is 5.82 Å². The fourth-order valence-electron chi connectivity index (χ4n) is 2.20. The Kier molecular flexibility index (Phi) is 5.64. The lowest BCUT2D eigenvalue weighted by molar-refractivity contribution is -0.118. The van der Waals surface area contributed by atoms with Crippen LogP contribution in [0.1, 0.15) is 26.2 Å². The van der Waals surface area contributed by atoms with Gasteiger partial charge in [0.15, 0.2) is 4.34 Å². The summed E-state index contributed by atoms with van der Waals surface area (Å²) < 4.78 is 14.1. The molecule has 6 nitrogen and oxygen atoms in total. The summed E-state index contributed by atoms with van der Waals surface area (Å²) in [6.45, 7) is 1.82. The highest BCUT2D eigenvalue weighted by atomic mass is 32.2. The Balaban J connectivity index is 1.57. The van der Waals surface area contributed by atoms with E-state index in [4.69, 9.17) is 0 Å². The minimum absolute atomic E-state index is 0.0347. The molecule has 132 valence electrons. The van der Waals surface area contributed by atoms with Crippen LogP contribution in [0.4, 0.5) is 15.2 Å². The number of para-hydroxylation sites is 1. The van der Waals surface area contributed by atoms with Gasteiger partial charge in [-0.3, -0.25) is 14.5 Å². The molecule has 1 aromatic carbocycles. The molecule has 2 amide bonds. The van der Waals surface area contributed by atoms with Crippen molar-refractivity contribution in [2.45, 2.75) is 36.6 Å². The maximum atomic E-state index is 13.5. The second kappa shape index (κ2) is 7.92. The number of thioether (sulfide) groups is 1. The number of benzene rings is 1. The van der Waals surface area contributed by atoms with Crippen molar-refractivity contribution in [3.63, 3.8) is 0 Å². The van der Waals surface area contributed by atoms with E-state index in [9.17, 15) is 14.0 Å². The molecule has 0 atom stereocenters. The second-order valence-electron chi connectivity index (χ2n) is 5.52. The van der Waals surface area contributed by atoms with Crippen molar-refractivity contribution in [2.75, 3.05) is 16.0 Å². The summed E-state index contributed by atoms with van der Waals surface area (Å²) in [6.07, 6.45) is 2.39. The first-order valence-electron chi connectivity index (χ1n) is 7.91. The van der Waals surface area contributed by atoms with Gasteiger partial charge >= 0.3 is 0 Å². The predicted octanol–water partition coefficient (Wildman–Crippen LogP) is 3.31. The molecule has 0 bridgehead atoms. The van der Waals surface area contributed by atoms with E-state index in [0.29, 0.717) is 15.9 Å². The molecular formula is C16H17FN4O2S2. The lowest BCUT2D eigenvalue weighted by atomic mass is 10.3. The van der Waals surface area contributed by atoms with Crippen molar-refractivity contribution in [3.05, 3.63) is 30.1 Å². The molecule has 1 aromatic heterocycles. The molecule has 1 fully saturated rings. The number of carbonyl (C=O) groups excluding carboxylic acids is 2. The van der Waals surface area contributed by atoms with E-state index in [1.165, 1.54) is 35.2 Å². The smallest absolute Gasteiger partial charge is 0.234 e. The Bertz CT molecular complexity index is 779. The van der Waals surface area contributed by atoms with Crippen LogP contribution in [0.3, 0.4) is 0 Å². The van der Waals surface area contributed by atoms with Crippen LogP contribution >= 0.6 is 23.1 Å². The topological polar surface area (TPSA) is 75.2 Å². The van der Waals surface area contributed by atoms with Crippen LogP contribution < -0.4 is 10.2 Å². The third-order valence-electron chi connectivity index (χ3n) is 3.56. The minimum atomic E-state index is -0.475. The normalized spacial score (nSPS) is 13.5. The van der Waals surface area contributed by atoms with E-state index < -0.39 is 5.82 Å². The van der Waals surface area contributed by atoms with Crippen LogP contribution in [0, 0.1) is 5.82 Å². The Labute approximate surface area is 152 Å². The Morgan fingerprint density at radius 1 is 1.36 bits per heavy atom. The molecule has 1 aliphatic carbocycles. The summed E-state index contributed by atoms with van der Waals surface area (Å²) in [5.74, 6) is -0.672. The second-order valence-corrected chi connectivity index (χ2v) is 7.69. The lowest BCUT2D eigenvalue weighted by Crippen LogP contribution is -2.32. The molecule has 0 radical (unpaired) electrons. The Hall–Kier alpha value is -2.00. The number of aromatic nitrogens is 2. The first-order valence-corrected chi connectivity index (χ1v) is 9.71. The first-order chi connectivity index (χ1) is 12.1. The van der Waals surface area contributed by atoms with E-state index in [0.717, 1.165) is 12.8 Å². The average molecular weight is 380 g/mol. The van der Waals surface area contributed by atoms with Gasteiger partial charge < -0.3 is 5.32 Å². The molecule has 1 aliphatic rings. The summed E-state index contributed by atoms with van der Waals surface area (Å²) in [4.78, 5) is 25.7. The van der Waals surface area contributed by atoms with E-state index in [1.54, 1.807) is 17.0 Å². The number of nitrogens with one attached hydrogen (secondary N) is 1. The van der Waals surface area contributed by atoms with Crippen LogP contribution in [0.5, 0.6) is 0 Å². The number of rotatable bonds is 7.